The fourth-order valence-electron chi connectivity index (χ4n) is 3.38. The Morgan fingerprint density at radius 2 is 2.20 bits per heavy atom. The summed E-state index contributed by atoms with van der Waals surface area (Å²) in [7, 11) is 0. The van der Waals surface area contributed by atoms with Gasteiger partial charge >= 0.3 is 0 Å². The summed E-state index contributed by atoms with van der Waals surface area (Å²) >= 11 is 0. The molecule has 3 aromatic rings. The summed E-state index contributed by atoms with van der Waals surface area (Å²) in [5.41, 5.74) is 1.41. The van der Waals surface area contributed by atoms with Crippen LogP contribution in [0.3, 0.4) is 0 Å². The maximum Gasteiger partial charge on any atom is 0.246 e. The Kier molecular flexibility index (Phi) is 5.78. The lowest BCUT2D eigenvalue weighted by atomic mass is 9.96. The fraction of sp³-hybridized carbons (Fsp3) is 0.286. The van der Waals surface area contributed by atoms with Crippen LogP contribution in [-0.2, 0) is 22.7 Å². The van der Waals surface area contributed by atoms with E-state index in [1.165, 1.54) is 12.1 Å². The van der Waals surface area contributed by atoms with Crippen molar-refractivity contribution in [3.8, 4) is 11.4 Å². The van der Waals surface area contributed by atoms with Gasteiger partial charge in [-0.25, -0.2) is 4.39 Å². The Morgan fingerprint density at radius 1 is 1.30 bits per heavy atom. The highest BCUT2D eigenvalue weighted by molar-refractivity contribution is 5.83. The number of amides is 2. The van der Waals surface area contributed by atoms with E-state index in [2.05, 4.69) is 20.4 Å². The zero-order valence-electron chi connectivity index (χ0n) is 16.1. The van der Waals surface area contributed by atoms with Crippen molar-refractivity contribution in [1.29, 1.82) is 0 Å². The van der Waals surface area contributed by atoms with Crippen LogP contribution < -0.4 is 5.32 Å². The van der Waals surface area contributed by atoms with Gasteiger partial charge in [0, 0.05) is 37.5 Å². The summed E-state index contributed by atoms with van der Waals surface area (Å²) in [4.78, 5) is 34.7. The molecule has 0 aliphatic carbocycles. The topological polar surface area (TPSA) is 101 Å². The predicted molar refractivity (Wildman–Crippen MR) is 104 cm³/mol. The molecule has 0 spiro atoms. The smallest absolute Gasteiger partial charge is 0.246 e. The van der Waals surface area contributed by atoms with E-state index >= 15 is 0 Å². The van der Waals surface area contributed by atoms with Crippen molar-refractivity contribution in [2.75, 3.05) is 6.54 Å². The second-order valence-corrected chi connectivity index (χ2v) is 7.11. The highest BCUT2D eigenvalue weighted by Gasteiger charge is 2.30. The van der Waals surface area contributed by atoms with E-state index in [1.54, 1.807) is 35.5 Å². The van der Waals surface area contributed by atoms with E-state index in [9.17, 15) is 14.0 Å². The van der Waals surface area contributed by atoms with Gasteiger partial charge in [0.1, 0.15) is 5.82 Å². The maximum atomic E-state index is 13.4. The van der Waals surface area contributed by atoms with Crippen LogP contribution in [0.25, 0.3) is 11.4 Å². The van der Waals surface area contributed by atoms with E-state index in [1.807, 2.05) is 6.07 Å². The normalized spacial score (nSPS) is 16.5. The monoisotopic (exact) mass is 409 g/mol. The van der Waals surface area contributed by atoms with Crippen LogP contribution in [0.5, 0.6) is 0 Å². The molecule has 9 heteroatoms. The highest BCUT2D eigenvalue weighted by atomic mass is 19.1. The molecule has 30 heavy (non-hydrogen) atoms. The first kappa shape index (κ1) is 19.7. The number of hydrogen-bond acceptors (Lipinski definition) is 6. The Balaban J connectivity index is 1.33. The zero-order chi connectivity index (χ0) is 20.9. The van der Waals surface area contributed by atoms with E-state index in [4.69, 9.17) is 4.52 Å². The molecule has 8 nitrogen and oxygen atoms in total. The van der Waals surface area contributed by atoms with E-state index in [-0.39, 0.29) is 55.5 Å². The summed E-state index contributed by atoms with van der Waals surface area (Å²) < 4.78 is 18.6. The van der Waals surface area contributed by atoms with Crippen molar-refractivity contribution in [3.63, 3.8) is 0 Å². The number of nitrogens with one attached hydrogen (secondary N) is 1. The molecule has 1 aliphatic heterocycles. The van der Waals surface area contributed by atoms with Crippen molar-refractivity contribution >= 4 is 11.8 Å². The first-order valence-corrected chi connectivity index (χ1v) is 9.61. The number of piperidine rings is 1. The molecule has 0 radical (unpaired) electrons. The van der Waals surface area contributed by atoms with E-state index < -0.39 is 0 Å². The molecule has 1 saturated heterocycles. The van der Waals surface area contributed by atoms with Crippen molar-refractivity contribution in [2.45, 2.75) is 25.9 Å². The number of pyridine rings is 1. The Morgan fingerprint density at radius 3 is 3.00 bits per heavy atom. The highest BCUT2D eigenvalue weighted by Crippen LogP contribution is 2.21. The number of likely N-dealkylation sites (tertiary alicyclic amines) is 1. The molecule has 154 valence electrons. The average molecular weight is 409 g/mol. The maximum absolute atomic E-state index is 13.4. The third-order valence-corrected chi connectivity index (χ3v) is 4.94. The lowest BCUT2D eigenvalue weighted by Crippen LogP contribution is -2.45. The van der Waals surface area contributed by atoms with Gasteiger partial charge < -0.3 is 14.7 Å². The third kappa shape index (κ3) is 4.68. The van der Waals surface area contributed by atoms with Gasteiger partial charge in [0.2, 0.25) is 23.5 Å². The van der Waals surface area contributed by atoms with E-state index in [0.29, 0.717) is 17.8 Å². The number of benzene rings is 1. The van der Waals surface area contributed by atoms with Gasteiger partial charge in [0.05, 0.1) is 12.5 Å². The molecular weight excluding hydrogens is 389 g/mol. The van der Waals surface area contributed by atoms with Crippen molar-refractivity contribution in [1.82, 2.24) is 25.3 Å². The average Bonchev–Trinajstić information content (AvgIpc) is 3.23. The van der Waals surface area contributed by atoms with Gasteiger partial charge in [0.25, 0.3) is 0 Å². The molecule has 0 unspecified atom stereocenters. The van der Waals surface area contributed by atoms with Gasteiger partial charge in [-0.1, -0.05) is 17.3 Å². The zero-order valence-corrected chi connectivity index (χ0v) is 16.1. The molecule has 1 aromatic carbocycles. The number of rotatable bonds is 6. The molecule has 1 aliphatic rings. The van der Waals surface area contributed by atoms with Crippen LogP contribution in [0.2, 0.25) is 0 Å². The van der Waals surface area contributed by atoms with Gasteiger partial charge in [-0.3, -0.25) is 14.6 Å². The molecule has 0 saturated carbocycles. The fourth-order valence-corrected chi connectivity index (χ4v) is 3.38. The summed E-state index contributed by atoms with van der Waals surface area (Å²) in [6.07, 6.45) is 4.02. The van der Waals surface area contributed by atoms with Crippen LogP contribution in [0.15, 0.2) is 53.3 Å². The van der Waals surface area contributed by atoms with Crippen LogP contribution in [-0.4, -0.2) is 38.4 Å². The second-order valence-electron chi connectivity index (χ2n) is 7.11. The molecule has 4 rings (SSSR count). The minimum absolute atomic E-state index is 0.0404. The summed E-state index contributed by atoms with van der Waals surface area (Å²) in [5.74, 6) is -0.245. The number of carbonyl (C=O) groups is 2. The minimum Gasteiger partial charge on any atom is -0.347 e. The van der Waals surface area contributed by atoms with Crippen molar-refractivity contribution in [3.05, 3.63) is 66.1 Å². The molecule has 3 heterocycles. The Labute approximate surface area is 172 Å². The number of halogens is 1. The van der Waals surface area contributed by atoms with Crippen molar-refractivity contribution < 1.29 is 18.5 Å². The molecule has 1 fully saturated rings. The third-order valence-electron chi connectivity index (χ3n) is 4.94. The van der Waals surface area contributed by atoms with E-state index in [0.717, 1.165) is 5.56 Å². The molecule has 1 atom stereocenters. The lowest BCUT2D eigenvalue weighted by molar-refractivity contribution is -0.139. The number of carbonyl (C=O) groups excluding carboxylic acids is 2. The number of hydrogen-bond donors (Lipinski definition) is 1. The minimum atomic E-state index is -0.350. The quantitative estimate of drug-likeness (QED) is 0.671. The molecule has 2 aromatic heterocycles. The van der Waals surface area contributed by atoms with Gasteiger partial charge in [-0.15, -0.1) is 0 Å². The van der Waals surface area contributed by atoms with Crippen LogP contribution in [0.4, 0.5) is 4.39 Å². The first-order chi connectivity index (χ1) is 14.6. The summed E-state index contributed by atoms with van der Waals surface area (Å²) in [6.45, 7) is 0.658. The van der Waals surface area contributed by atoms with Crippen molar-refractivity contribution in [2.24, 2.45) is 5.92 Å². The van der Waals surface area contributed by atoms with Crippen LogP contribution in [0.1, 0.15) is 24.3 Å². The summed E-state index contributed by atoms with van der Waals surface area (Å²) in [5, 5.41) is 6.68. The largest absolute Gasteiger partial charge is 0.347 e. The van der Waals surface area contributed by atoms with Crippen LogP contribution >= 0.6 is 0 Å². The second kappa shape index (κ2) is 8.81. The number of nitrogens with zero attached hydrogens (tertiary/aromatic N) is 4. The molecule has 2 amide bonds. The van der Waals surface area contributed by atoms with Gasteiger partial charge in [0.15, 0.2) is 0 Å². The Hall–Kier alpha value is -3.62. The Bertz CT molecular complexity index is 1040. The molecule has 0 bridgehead atoms. The SMILES string of the molecule is O=C(NCc1nc(-c2cccnc2)no1)[C@@H]1CCC(=O)N(Cc2cccc(F)c2)C1. The van der Waals surface area contributed by atoms with Gasteiger partial charge in [-0.05, 0) is 36.2 Å². The number of aromatic nitrogens is 3. The lowest BCUT2D eigenvalue weighted by Gasteiger charge is -2.32. The summed E-state index contributed by atoms with van der Waals surface area (Å²) in [6, 6.07) is 9.70. The molecule has 1 N–H and O–H groups in total. The molecular formula is C21H20FN5O3. The van der Waals surface area contributed by atoms with Gasteiger partial charge in [-0.2, -0.15) is 4.98 Å². The predicted octanol–water partition coefficient (Wildman–Crippen LogP) is 2.33. The standard InChI is InChI=1S/C21H20FN5O3/c22-17-5-1-3-14(9-17)12-27-13-16(6-7-19(27)28)21(29)24-11-18-25-20(26-30-18)15-4-2-8-23-10-15/h1-5,8-10,16H,6-7,11-13H2,(H,24,29)/t16-/m1/s1. The first-order valence-electron chi connectivity index (χ1n) is 9.61. The van der Waals surface area contributed by atoms with Crippen LogP contribution in [0, 0.1) is 11.7 Å².